The number of rotatable bonds is 8. The molecule has 0 heterocycles. The molecule has 0 atom stereocenters. The average molecular weight is 412 g/mol. The van der Waals surface area contributed by atoms with Crippen molar-refractivity contribution in [1.82, 2.24) is 0 Å². The van der Waals surface area contributed by atoms with E-state index in [1.165, 1.54) is 19.9 Å². The molecular formula is C16H14F6N2O4. The molecule has 0 unspecified atom stereocenters. The third-order valence-electron chi connectivity index (χ3n) is 2.88. The third-order valence-corrected chi connectivity index (χ3v) is 2.88. The maximum atomic E-state index is 12.6. The van der Waals surface area contributed by atoms with Gasteiger partial charge >= 0.3 is 12.4 Å². The zero-order chi connectivity index (χ0) is 21.5. The summed E-state index contributed by atoms with van der Waals surface area (Å²) in [6.45, 7) is -1.16. The van der Waals surface area contributed by atoms with Crippen LogP contribution in [0.1, 0.15) is 25.0 Å². The van der Waals surface area contributed by atoms with E-state index in [-0.39, 0.29) is 13.2 Å². The first-order valence-electron chi connectivity index (χ1n) is 7.67. The fourth-order valence-corrected chi connectivity index (χ4v) is 2.01. The highest BCUT2D eigenvalue weighted by Crippen LogP contribution is 2.50. The van der Waals surface area contributed by atoms with Gasteiger partial charge < -0.3 is 18.9 Å². The van der Waals surface area contributed by atoms with E-state index in [0.717, 1.165) is 0 Å². The van der Waals surface area contributed by atoms with Crippen LogP contribution >= 0.6 is 0 Å². The number of alkyl halides is 6. The summed E-state index contributed by atoms with van der Waals surface area (Å²) in [5.41, 5.74) is -1.32. The minimum Gasteiger partial charge on any atom is -0.488 e. The van der Waals surface area contributed by atoms with Gasteiger partial charge in [0.1, 0.15) is 23.3 Å². The number of hydrogen-bond donors (Lipinski definition) is 0. The Morgan fingerprint density at radius 3 is 1.32 bits per heavy atom. The predicted molar refractivity (Wildman–Crippen MR) is 81.3 cm³/mol. The molecule has 0 spiro atoms. The highest BCUT2D eigenvalue weighted by atomic mass is 19.4. The standard InChI is InChI=1S/C16H14F6N2O4/c1-3-25-11-9(5-23)10(6-24)12(27-7-15(17,18)19)14(13(11)26-4-2)28-8-16(20,21)22/h3-4,7-8H2,1-2H3. The number of nitriles is 2. The van der Waals surface area contributed by atoms with Crippen molar-refractivity contribution in [3.05, 3.63) is 11.1 Å². The summed E-state index contributed by atoms with van der Waals surface area (Å²) < 4.78 is 95.0. The van der Waals surface area contributed by atoms with Crippen LogP contribution < -0.4 is 18.9 Å². The zero-order valence-electron chi connectivity index (χ0n) is 14.6. The third kappa shape index (κ3) is 6.01. The molecule has 0 saturated heterocycles. The predicted octanol–water partition coefficient (Wildman–Crippen LogP) is 4.11. The van der Waals surface area contributed by atoms with Crippen LogP contribution in [-0.4, -0.2) is 38.8 Å². The van der Waals surface area contributed by atoms with Crippen molar-refractivity contribution in [3.8, 4) is 35.1 Å². The molecule has 0 N–H and O–H groups in total. The molecule has 6 nitrogen and oxygen atoms in total. The Balaban J connectivity index is 3.77. The molecule has 0 aromatic heterocycles. The van der Waals surface area contributed by atoms with Crippen molar-refractivity contribution in [2.75, 3.05) is 26.4 Å². The highest BCUT2D eigenvalue weighted by Gasteiger charge is 2.36. The van der Waals surface area contributed by atoms with E-state index in [4.69, 9.17) is 9.47 Å². The summed E-state index contributed by atoms with van der Waals surface area (Å²) in [6, 6.07) is 3.01. The maximum absolute atomic E-state index is 12.6. The average Bonchev–Trinajstić information content (AvgIpc) is 2.58. The Morgan fingerprint density at radius 2 is 0.964 bits per heavy atom. The summed E-state index contributed by atoms with van der Waals surface area (Å²) in [6.07, 6.45) is -9.72. The maximum Gasteiger partial charge on any atom is 0.422 e. The van der Waals surface area contributed by atoms with Gasteiger partial charge in [-0.15, -0.1) is 0 Å². The number of nitrogens with zero attached hydrogens (tertiary/aromatic N) is 2. The van der Waals surface area contributed by atoms with Gasteiger partial charge in [0.05, 0.1) is 13.2 Å². The summed E-state index contributed by atoms with van der Waals surface area (Å²) in [5.74, 6) is -2.91. The van der Waals surface area contributed by atoms with Crippen molar-refractivity contribution in [2.24, 2.45) is 0 Å². The van der Waals surface area contributed by atoms with E-state index in [9.17, 15) is 36.9 Å². The van der Waals surface area contributed by atoms with Crippen LogP contribution in [0.2, 0.25) is 0 Å². The van der Waals surface area contributed by atoms with Gasteiger partial charge in [-0.3, -0.25) is 0 Å². The zero-order valence-corrected chi connectivity index (χ0v) is 14.6. The quantitative estimate of drug-likeness (QED) is 0.598. The van der Waals surface area contributed by atoms with E-state index >= 15 is 0 Å². The topological polar surface area (TPSA) is 84.5 Å². The number of benzene rings is 1. The van der Waals surface area contributed by atoms with Gasteiger partial charge in [-0.05, 0) is 13.8 Å². The smallest absolute Gasteiger partial charge is 0.422 e. The molecule has 0 aliphatic rings. The molecule has 0 amide bonds. The van der Waals surface area contributed by atoms with Gasteiger partial charge in [0.15, 0.2) is 24.7 Å². The molecule has 0 radical (unpaired) electrons. The molecular weight excluding hydrogens is 398 g/mol. The molecule has 0 bridgehead atoms. The second-order valence-electron chi connectivity index (χ2n) is 4.96. The van der Waals surface area contributed by atoms with Crippen molar-refractivity contribution in [1.29, 1.82) is 10.5 Å². The van der Waals surface area contributed by atoms with Crippen molar-refractivity contribution >= 4 is 0 Å². The van der Waals surface area contributed by atoms with Crippen LogP contribution in [0.15, 0.2) is 0 Å². The molecule has 0 aliphatic carbocycles. The van der Waals surface area contributed by atoms with Crippen LogP contribution in [0.3, 0.4) is 0 Å². The minimum atomic E-state index is -4.87. The number of halogens is 6. The van der Waals surface area contributed by atoms with Gasteiger partial charge in [0, 0.05) is 0 Å². The lowest BCUT2D eigenvalue weighted by Crippen LogP contribution is -2.23. The van der Waals surface area contributed by atoms with Crippen LogP contribution in [-0.2, 0) is 0 Å². The fourth-order valence-electron chi connectivity index (χ4n) is 2.01. The monoisotopic (exact) mass is 412 g/mol. The second-order valence-corrected chi connectivity index (χ2v) is 4.96. The van der Waals surface area contributed by atoms with Crippen molar-refractivity contribution in [3.63, 3.8) is 0 Å². The Bertz CT molecular complexity index is 778. The Morgan fingerprint density at radius 1 is 0.643 bits per heavy atom. The minimum absolute atomic E-state index is 0.0823. The van der Waals surface area contributed by atoms with Gasteiger partial charge in [0.25, 0.3) is 0 Å². The van der Waals surface area contributed by atoms with E-state index in [2.05, 4.69) is 9.47 Å². The van der Waals surface area contributed by atoms with Gasteiger partial charge in [-0.1, -0.05) is 0 Å². The summed E-state index contributed by atoms with van der Waals surface area (Å²) >= 11 is 0. The summed E-state index contributed by atoms with van der Waals surface area (Å²) in [4.78, 5) is 0. The van der Waals surface area contributed by atoms with Crippen molar-refractivity contribution < 1.29 is 45.3 Å². The summed E-state index contributed by atoms with van der Waals surface area (Å²) in [5, 5.41) is 18.6. The Labute approximate surface area is 155 Å². The lowest BCUT2D eigenvalue weighted by Gasteiger charge is -2.22. The van der Waals surface area contributed by atoms with Crippen LogP contribution in [0.5, 0.6) is 23.0 Å². The first kappa shape index (κ1) is 23.0. The van der Waals surface area contributed by atoms with E-state index < -0.39 is 59.7 Å². The number of hydrogen-bond acceptors (Lipinski definition) is 6. The molecule has 154 valence electrons. The lowest BCUT2D eigenvalue weighted by molar-refractivity contribution is -0.158. The molecule has 0 aliphatic heterocycles. The van der Waals surface area contributed by atoms with E-state index in [0.29, 0.717) is 0 Å². The lowest BCUT2D eigenvalue weighted by atomic mass is 10.0. The first-order valence-corrected chi connectivity index (χ1v) is 7.67. The molecule has 12 heteroatoms. The number of ether oxygens (including phenoxy) is 4. The summed E-state index contributed by atoms with van der Waals surface area (Å²) in [7, 11) is 0. The van der Waals surface area contributed by atoms with E-state index in [1.54, 1.807) is 6.07 Å². The van der Waals surface area contributed by atoms with Gasteiger partial charge in [0.2, 0.25) is 11.5 Å². The Kier molecular flexibility index (Phi) is 7.61. The van der Waals surface area contributed by atoms with Crippen molar-refractivity contribution in [2.45, 2.75) is 26.2 Å². The molecule has 0 fully saturated rings. The molecule has 1 rings (SSSR count). The molecule has 1 aromatic rings. The Hall–Kier alpha value is -3.02. The SMILES string of the molecule is CCOc1c(C#N)c(C#N)c(OCC(F)(F)F)c(OCC(F)(F)F)c1OCC. The van der Waals surface area contributed by atoms with Gasteiger partial charge in [-0.2, -0.15) is 36.9 Å². The fraction of sp³-hybridized carbons (Fsp3) is 0.500. The first-order chi connectivity index (χ1) is 13.0. The largest absolute Gasteiger partial charge is 0.488 e. The molecule has 28 heavy (non-hydrogen) atoms. The molecule has 1 aromatic carbocycles. The van der Waals surface area contributed by atoms with E-state index in [1.807, 2.05) is 0 Å². The van der Waals surface area contributed by atoms with Gasteiger partial charge in [-0.25, -0.2) is 0 Å². The van der Waals surface area contributed by atoms with Crippen LogP contribution in [0.4, 0.5) is 26.3 Å². The van der Waals surface area contributed by atoms with Crippen LogP contribution in [0.25, 0.3) is 0 Å². The molecule has 0 saturated carbocycles. The second kappa shape index (κ2) is 9.26. The van der Waals surface area contributed by atoms with Crippen LogP contribution in [0, 0.1) is 22.7 Å². The highest BCUT2D eigenvalue weighted by molar-refractivity contribution is 5.73. The normalized spacial score (nSPS) is 11.4.